The second-order valence-corrected chi connectivity index (χ2v) is 12.6. The van der Waals surface area contributed by atoms with Crippen LogP contribution in [0.5, 0.6) is 0 Å². The van der Waals surface area contributed by atoms with Crippen LogP contribution in [0.2, 0.25) is 0 Å². The molecule has 0 saturated heterocycles. The number of rotatable bonds is 10. The Bertz CT molecular complexity index is 1450. The minimum atomic E-state index is -3.91. The van der Waals surface area contributed by atoms with Crippen molar-refractivity contribution in [3.63, 3.8) is 0 Å². The molecule has 3 aromatic rings. The van der Waals surface area contributed by atoms with Gasteiger partial charge in [0.1, 0.15) is 5.01 Å². The molecule has 0 fully saturated rings. The molecule has 1 unspecified atom stereocenters. The number of sulfonamides is 1. The summed E-state index contributed by atoms with van der Waals surface area (Å²) in [5.41, 5.74) is 2.54. The van der Waals surface area contributed by atoms with Gasteiger partial charge in [-0.3, -0.25) is 9.59 Å². The van der Waals surface area contributed by atoms with E-state index in [4.69, 9.17) is 10.2 Å². The fourth-order valence-corrected chi connectivity index (χ4v) is 6.15. The number of hydrogen-bond donors (Lipinski definition) is 4. The highest BCUT2D eigenvalue weighted by Crippen LogP contribution is 2.33. The van der Waals surface area contributed by atoms with E-state index in [0.29, 0.717) is 15.8 Å². The third-order valence-electron chi connectivity index (χ3n) is 4.86. The Morgan fingerprint density at radius 3 is 2.29 bits per heavy atom. The number of nitrogens with zero attached hydrogens (tertiary/aromatic N) is 1. The lowest BCUT2D eigenvalue weighted by Gasteiger charge is -2.12. The Kier molecular flexibility index (Phi) is 8.22. The van der Waals surface area contributed by atoms with Gasteiger partial charge in [-0.15, -0.1) is 11.3 Å². The lowest BCUT2D eigenvalue weighted by atomic mass is 10.0. The van der Waals surface area contributed by atoms with Gasteiger partial charge in [-0.05, 0) is 35.4 Å². The largest absolute Gasteiger partial charge is 0.395 e. The molecule has 1 heterocycles. The first-order chi connectivity index (χ1) is 16.4. The molecule has 0 spiro atoms. The Morgan fingerprint density at radius 2 is 1.69 bits per heavy atom. The fourth-order valence-electron chi connectivity index (χ4n) is 3.22. The Morgan fingerprint density at radius 1 is 1.03 bits per heavy atom. The van der Waals surface area contributed by atoms with E-state index in [2.05, 4.69) is 15.6 Å². The topological polar surface area (TPSA) is 186 Å². The van der Waals surface area contributed by atoms with Gasteiger partial charge in [0.15, 0.2) is 15.1 Å². The molecular weight excluding hydrogens is 516 g/mol. The summed E-state index contributed by atoms with van der Waals surface area (Å²) in [6, 6.07) is 12.1. The van der Waals surface area contributed by atoms with Gasteiger partial charge in [0.05, 0.1) is 22.6 Å². The molecule has 0 aliphatic rings. The van der Waals surface area contributed by atoms with Crippen LogP contribution < -0.4 is 15.8 Å². The smallest absolute Gasteiger partial charge is 0.251 e. The highest BCUT2D eigenvalue weighted by molar-refractivity contribution is 7.91. The van der Waals surface area contributed by atoms with Gasteiger partial charge in [0, 0.05) is 24.9 Å². The second-order valence-electron chi connectivity index (χ2n) is 7.66. The lowest BCUT2D eigenvalue weighted by molar-refractivity contribution is -0.120. The molecule has 2 aromatic carbocycles. The van der Waals surface area contributed by atoms with Crippen LogP contribution in [0.15, 0.2) is 42.5 Å². The number of sulfone groups is 1. The zero-order valence-corrected chi connectivity index (χ0v) is 21.0. The van der Waals surface area contributed by atoms with Crippen molar-refractivity contribution in [2.75, 3.05) is 31.7 Å². The first-order valence-electron chi connectivity index (χ1n) is 10.3. The molecule has 0 aliphatic carbocycles. The van der Waals surface area contributed by atoms with E-state index in [9.17, 15) is 26.4 Å². The number of hydrogen-bond acceptors (Lipinski definition) is 9. The van der Waals surface area contributed by atoms with Crippen LogP contribution in [0, 0.1) is 0 Å². The van der Waals surface area contributed by atoms with Crippen LogP contribution in [0.1, 0.15) is 20.6 Å². The average molecular weight is 541 g/mol. The second kappa shape index (κ2) is 10.8. The van der Waals surface area contributed by atoms with E-state index in [1.165, 1.54) is 0 Å². The van der Waals surface area contributed by atoms with Crippen LogP contribution in [0.4, 0.5) is 0 Å². The number of carbonyl (C=O) groups is 2. The molecule has 3 rings (SSSR count). The van der Waals surface area contributed by atoms with Crippen molar-refractivity contribution in [3.05, 3.63) is 53.0 Å². The van der Waals surface area contributed by atoms with Crippen molar-refractivity contribution in [1.82, 2.24) is 15.6 Å². The molecule has 0 aliphatic heterocycles. The maximum Gasteiger partial charge on any atom is 0.251 e. The number of aliphatic hydroxyl groups is 1. The van der Waals surface area contributed by atoms with Gasteiger partial charge in [-0.1, -0.05) is 18.2 Å². The SMILES string of the molecule is CS(=O)(=O)C(C(=O)NCCS(N)(=O)=O)c1nc2ccc(-c3ccc(C(=O)NCCO)cc3)cc2s1. The average Bonchev–Trinajstić information content (AvgIpc) is 3.18. The lowest BCUT2D eigenvalue weighted by Crippen LogP contribution is -2.37. The quantitative estimate of drug-likeness (QED) is 0.280. The highest BCUT2D eigenvalue weighted by atomic mass is 32.2. The van der Waals surface area contributed by atoms with Crippen LogP contribution in [-0.4, -0.2) is 70.4 Å². The maximum absolute atomic E-state index is 12.6. The van der Waals surface area contributed by atoms with E-state index < -0.39 is 36.8 Å². The zero-order valence-electron chi connectivity index (χ0n) is 18.6. The van der Waals surface area contributed by atoms with E-state index in [-0.39, 0.29) is 30.6 Å². The summed E-state index contributed by atoms with van der Waals surface area (Å²) in [6.07, 6.45) is 0.909. The summed E-state index contributed by atoms with van der Waals surface area (Å²) >= 11 is 1.04. The zero-order chi connectivity index (χ0) is 25.8. The van der Waals surface area contributed by atoms with Gasteiger partial charge >= 0.3 is 0 Å². The van der Waals surface area contributed by atoms with Crippen LogP contribution >= 0.6 is 11.3 Å². The van der Waals surface area contributed by atoms with Gasteiger partial charge in [-0.2, -0.15) is 0 Å². The van der Waals surface area contributed by atoms with Gasteiger partial charge < -0.3 is 15.7 Å². The number of aliphatic hydroxyl groups excluding tert-OH is 1. The molecule has 14 heteroatoms. The van der Waals surface area contributed by atoms with Crippen molar-refractivity contribution >= 4 is 53.2 Å². The van der Waals surface area contributed by atoms with Crippen molar-refractivity contribution in [1.29, 1.82) is 0 Å². The van der Waals surface area contributed by atoms with Crippen LogP contribution in [0.25, 0.3) is 21.3 Å². The standard InChI is InChI=1S/C21H24N4O7S3/c1-34(29,30)18(20(28)24-9-11-35(22,31)32)21-25-16-7-6-15(12-17(16)33-21)13-2-4-14(5-3-13)19(27)23-8-10-26/h2-7,12,18,26H,8-11H2,1H3,(H,23,27)(H,24,28)(H2,22,31,32). The molecule has 0 saturated carbocycles. The number of benzene rings is 2. The molecule has 0 bridgehead atoms. The number of thiazole rings is 1. The summed E-state index contributed by atoms with van der Waals surface area (Å²) in [6.45, 7) is -0.325. The molecule has 1 atom stereocenters. The molecule has 1 aromatic heterocycles. The fraction of sp³-hybridized carbons (Fsp3) is 0.286. The summed E-state index contributed by atoms with van der Waals surface area (Å²) in [5.74, 6) is -1.71. The predicted molar refractivity (Wildman–Crippen MR) is 133 cm³/mol. The summed E-state index contributed by atoms with van der Waals surface area (Å²) in [4.78, 5) is 28.9. The third kappa shape index (κ3) is 7.05. The molecule has 0 radical (unpaired) electrons. The maximum atomic E-state index is 12.6. The van der Waals surface area contributed by atoms with Gasteiger partial charge in [-0.25, -0.2) is 27.0 Å². The Hall–Kier alpha value is -2.91. The Labute approximate surface area is 206 Å². The Balaban J connectivity index is 1.86. The number of amides is 2. The normalized spacial score (nSPS) is 12.9. The predicted octanol–water partition coefficient (Wildman–Crippen LogP) is 0.176. The molecule has 2 amide bonds. The molecule has 35 heavy (non-hydrogen) atoms. The first kappa shape index (κ1) is 26.7. The molecule has 11 nitrogen and oxygen atoms in total. The van der Waals surface area contributed by atoms with Crippen LogP contribution in [0.3, 0.4) is 0 Å². The minimum Gasteiger partial charge on any atom is -0.395 e. The minimum absolute atomic E-state index is 0.0589. The monoisotopic (exact) mass is 540 g/mol. The van der Waals surface area contributed by atoms with Gasteiger partial charge in [0.25, 0.3) is 5.91 Å². The highest BCUT2D eigenvalue weighted by Gasteiger charge is 2.34. The van der Waals surface area contributed by atoms with Crippen molar-refractivity contribution < 1.29 is 31.5 Å². The summed E-state index contributed by atoms with van der Waals surface area (Å²) in [7, 11) is -7.73. The van der Waals surface area contributed by atoms with E-state index in [0.717, 1.165) is 28.7 Å². The molecule has 5 N–H and O–H groups in total. The molecule has 188 valence electrons. The summed E-state index contributed by atoms with van der Waals surface area (Å²) < 4.78 is 47.5. The van der Waals surface area contributed by atoms with Crippen molar-refractivity contribution in [2.45, 2.75) is 5.25 Å². The third-order valence-corrected chi connectivity index (χ3v) is 8.16. The number of nitrogens with two attached hydrogens (primary N) is 1. The summed E-state index contributed by atoms with van der Waals surface area (Å²) in [5, 5.41) is 17.1. The van der Waals surface area contributed by atoms with E-state index in [1.54, 1.807) is 42.5 Å². The van der Waals surface area contributed by atoms with E-state index in [1.807, 2.05) is 0 Å². The first-order valence-corrected chi connectivity index (χ1v) is 14.7. The number of nitrogens with one attached hydrogen (secondary N) is 2. The number of carbonyl (C=O) groups excluding carboxylic acids is 2. The van der Waals surface area contributed by atoms with E-state index >= 15 is 0 Å². The number of fused-ring (bicyclic) bond motifs is 1. The number of aromatic nitrogens is 1. The van der Waals surface area contributed by atoms with Crippen molar-refractivity contribution in [3.8, 4) is 11.1 Å². The number of primary sulfonamides is 1. The van der Waals surface area contributed by atoms with Crippen LogP contribution in [-0.2, 0) is 24.7 Å². The molecular formula is C21H24N4O7S3. The van der Waals surface area contributed by atoms with Gasteiger partial charge in [0.2, 0.25) is 15.9 Å². The van der Waals surface area contributed by atoms with Crippen molar-refractivity contribution in [2.24, 2.45) is 5.14 Å².